The summed E-state index contributed by atoms with van der Waals surface area (Å²) in [6.07, 6.45) is 0. The highest BCUT2D eigenvalue weighted by Crippen LogP contribution is 2.47. The van der Waals surface area contributed by atoms with E-state index in [9.17, 15) is 5.11 Å². The summed E-state index contributed by atoms with van der Waals surface area (Å²) in [6.45, 7) is 7.34. The lowest BCUT2D eigenvalue weighted by atomic mass is 9.75. The standard InChI is InChI=1S/C28H32N2O/c1-21(2)26-27(22(3)19-31)30(20-29-26)28(23-13-7-4-8-14-23,24-15-9-5-10-16-24)25-17-11-6-12-18-25/h4-18,21-22,29,31H,19-20H2,1-3H3. The molecule has 0 spiro atoms. The van der Waals surface area contributed by atoms with Gasteiger partial charge in [0, 0.05) is 17.3 Å². The molecule has 3 aromatic carbocycles. The number of hydrogen-bond acceptors (Lipinski definition) is 3. The number of aliphatic hydroxyl groups excluding tert-OH is 1. The van der Waals surface area contributed by atoms with Crippen LogP contribution in [0.15, 0.2) is 102 Å². The highest BCUT2D eigenvalue weighted by atomic mass is 16.3. The number of hydrogen-bond donors (Lipinski definition) is 2. The first kappa shape index (κ1) is 21.2. The molecular weight excluding hydrogens is 380 g/mol. The van der Waals surface area contributed by atoms with E-state index in [-0.39, 0.29) is 12.5 Å². The van der Waals surface area contributed by atoms with E-state index < -0.39 is 5.54 Å². The molecule has 1 aliphatic heterocycles. The van der Waals surface area contributed by atoms with Crippen molar-refractivity contribution in [1.29, 1.82) is 0 Å². The SMILES string of the molecule is CC(C)C1=C(C(C)CO)N(C(c2ccccc2)(c2ccccc2)c2ccccc2)CN1. The van der Waals surface area contributed by atoms with E-state index in [2.05, 4.69) is 122 Å². The van der Waals surface area contributed by atoms with Gasteiger partial charge in [-0.15, -0.1) is 0 Å². The van der Waals surface area contributed by atoms with Crippen LogP contribution in [0.1, 0.15) is 37.5 Å². The summed E-state index contributed by atoms with van der Waals surface area (Å²) < 4.78 is 0. The van der Waals surface area contributed by atoms with E-state index in [0.717, 1.165) is 0 Å². The molecule has 0 radical (unpaired) electrons. The van der Waals surface area contributed by atoms with Gasteiger partial charge in [0.2, 0.25) is 0 Å². The van der Waals surface area contributed by atoms with Crippen molar-refractivity contribution in [2.24, 2.45) is 11.8 Å². The van der Waals surface area contributed by atoms with Gasteiger partial charge in [0.15, 0.2) is 0 Å². The summed E-state index contributed by atoms with van der Waals surface area (Å²) in [7, 11) is 0. The van der Waals surface area contributed by atoms with Crippen LogP contribution in [0, 0.1) is 11.8 Å². The molecule has 3 aromatic rings. The largest absolute Gasteiger partial charge is 0.396 e. The Morgan fingerprint density at radius 3 is 1.55 bits per heavy atom. The number of rotatable bonds is 7. The minimum absolute atomic E-state index is 0.0166. The molecule has 0 saturated carbocycles. The average molecular weight is 413 g/mol. The number of allylic oxidation sites excluding steroid dienone is 1. The first-order valence-corrected chi connectivity index (χ1v) is 11.1. The van der Waals surface area contributed by atoms with Gasteiger partial charge in [-0.1, -0.05) is 112 Å². The zero-order valence-electron chi connectivity index (χ0n) is 18.6. The van der Waals surface area contributed by atoms with Crippen molar-refractivity contribution in [3.05, 3.63) is 119 Å². The third kappa shape index (κ3) is 3.64. The number of aliphatic hydroxyl groups is 1. The summed E-state index contributed by atoms with van der Waals surface area (Å²) in [6, 6.07) is 32.2. The third-order valence-electron chi connectivity index (χ3n) is 6.29. The fourth-order valence-corrected chi connectivity index (χ4v) is 4.91. The van der Waals surface area contributed by atoms with Gasteiger partial charge < -0.3 is 15.3 Å². The molecule has 1 aliphatic rings. The maximum Gasteiger partial charge on any atom is 0.118 e. The van der Waals surface area contributed by atoms with Crippen LogP contribution >= 0.6 is 0 Å². The van der Waals surface area contributed by atoms with Crippen LogP contribution in [0.3, 0.4) is 0 Å². The lowest BCUT2D eigenvalue weighted by molar-refractivity contribution is 0.172. The highest BCUT2D eigenvalue weighted by Gasteiger charge is 2.46. The van der Waals surface area contributed by atoms with Crippen LogP contribution in [0.5, 0.6) is 0 Å². The van der Waals surface area contributed by atoms with Crippen molar-refractivity contribution in [3.63, 3.8) is 0 Å². The molecule has 4 rings (SSSR count). The summed E-state index contributed by atoms with van der Waals surface area (Å²) in [4.78, 5) is 2.48. The Balaban J connectivity index is 2.08. The second-order valence-corrected chi connectivity index (χ2v) is 8.61. The molecule has 2 N–H and O–H groups in total. The van der Waals surface area contributed by atoms with E-state index in [0.29, 0.717) is 12.6 Å². The molecule has 0 fully saturated rings. The number of nitrogens with one attached hydrogen (secondary N) is 1. The molecule has 3 heteroatoms. The topological polar surface area (TPSA) is 35.5 Å². The van der Waals surface area contributed by atoms with Gasteiger partial charge in [-0.3, -0.25) is 0 Å². The second-order valence-electron chi connectivity index (χ2n) is 8.61. The maximum absolute atomic E-state index is 10.2. The van der Waals surface area contributed by atoms with Crippen LogP contribution in [-0.2, 0) is 5.54 Å². The van der Waals surface area contributed by atoms with Gasteiger partial charge in [-0.05, 0) is 22.6 Å². The Kier molecular flexibility index (Phi) is 6.15. The number of nitrogens with zero attached hydrogens (tertiary/aromatic N) is 1. The van der Waals surface area contributed by atoms with Crippen LogP contribution in [0.4, 0.5) is 0 Å². The summed E-state index contributed by atoms with van der Waals surface area (Å²) in [5, 5.41) is 13.9. The van der Waals surface area contributed by atoms with Gasteiger partial charge >= 0.3 is 0 Å². The quantitative estimate of drug-likeness (QED) is 0.515. The monoisotopic (exact) mass is 412 g/mol. The van der Waals surface area contributed by atoms with E-state index in [1.807, 2.05) is 0 Å². The molecule has 160 valence electrons. The molecule has 0 bridgehead atoms. The lowest BCUT2D eigenvalue weighted by Crippen LogP contribution is -2.48. The molecule has 0 aromatic heterocycles. The van der Waals surface area contributed by atoms with Crippen molar-refractivity contribution < 1.29 is 5.11 Å². The fraction of sp³-hybridized carbons (Fsp3) is 0.286. The summed E-state index contributed by atoms with van der Waals surface area (Å²) in [5.41, 5.74) is 5.51. The van der Waals surface area contributed by atoms with Gasteiger partial charge in [0.05, 0.1) is 13.3 Å². The normalized spacial score (nSPS) is 15.3. The van der Waals surface area contributed by atoms with Crippen LogP contribution in [0.25, 0.3) is 0 Å². The lowest BCUT2D eigenvalue weighted by Gasteiger charge is -2.46. The van der Waals surface area contributed by atoms with Crippen molar-refractivity contribution in [3.8, 4) is 0 Å². The Bertz CT molecular complexity index is 916. The fourth-order valence-electron chi connectivity index (χ4n) is 4.91. The van der Waals surface area contributed by atoms with Crippen LogP contribution in [-0.4, -0.2) is 23.3 Å². The average Bonchev–Trinajstić information content (AvgIpc) is 3.27. The van der Waals surface area contributed by atoms with E-state index in [1.165, 1.54) is 28.1 Å². The Morgan fingerprint density at radius 1 is 0.774 bits per heavy atom. The predicted molar refractivity (Wildman–Crippen MR) is 127 cm³/mol. The van der Waals surface area contributed by atoms with Gasteiger partial charge in [0.1, 0.15) is 5.54 Å². The molecule has 1 atom stereocenters. The van der Waals surface area contributed by atoms with E-state index >= 15 is 0 Å². The first-order chi connectivity index (χ1) is 15.1. The zero-order chi connectivity index (χ0) is 21.8. The van der Waals surface area contributed by atoms with Crippen molar-refractivity contribution >= 4 is 0 Å². The Morgan fingerprint density at radius 2 is 1.19 bits per heavy atom. The molecule has 0 amide bonds. The molecule has 3 nitrogen and oxygen atoms in total. The van der Waals surface area contributed by atoms with Gasteiger partial charge in [0.25, 0.3) is 0 Å². The van der Waals surface area contributed by atoms with Crippen molar-refractivity contribution in [2.75, 3.05) is 13.3 Å². The second kappa shape index (κ2) is 8.99. The number of benzene rings is 3. The van der Waals surface area contributed by atoms with Crippen LogP contribution in [0.2, 0.25) is 0 Å². The van der Waals surface area contributed by atoms with Crippen molar-refractivity contribution in [1.82, 2.24) is 10.2 Å². The summed E-state index contributed by atoms with van der Waals surface area (Å²) >= 11 is 0. The molecule has 0 saturated heterocycles. The molecule has 1 heterocycles. The highest BCUT2D eigenvalue weighted by molar-refractivity contribution is 5.51. The van der Waals surface area contributed by atoms with Gasteiger partial charge in [-0.2, -0.15) is 0 Å². The van der Waals surface area contributed by atoms with E-state index in [4.69, 9.17) is 0 Å². The van der Waals surface area contributed by atoms with Gasteiger partial charge in [-0.25, -0.2) is 0 Å². The minimum Gasteiger partial charge on any atom is -0.396 e. The zero-order valence-corrected chi connectivity index (χ0v) is 18.6. The molecule has 1 unspecified atom stereocenters. The minimum atomic E-state index is -0.522. The predicted octanol–water partition coefficient (Wildman–Crippen LogP) is 5.34. The molecule has 31 heavy (non-hydrogen) atoms. The Labute approximate surface area is 186 Å². The summed E-state index contributed by atoms with van der Waals surface area (Å²) in [5.74, 6) is 0.358. The first-order valence-electron chi connectivity index (χ1n) is 11.1. The smallest absolute Gasteiger partial charge is 0.118 e. The maximum atomic E-state index is 10.2. The van der Waals surface area contributed by atoms with E-state index in [1.54, 1.807) is 0 Å². The molecular formula is C28H32N2O. The molecule has 0 aliphatic carbocycles. The van der Waals surface area contributed by atoms with Crippen LogP contribution < -0.4 is 5.32 Å². The Hall–Kier alpha value is -3.04. The third-order valence-corrected chi connectivity index (χ3v) is 6.29. The van der Waals surface area contributed by atoms with Crippen molar-refractivity contribution in [2.45, 2.75) is 26.3 Å².